The third kappa shape index (κ3) is 6.70. The number of hydrogen-bond donors (Lipinski definition) is 1. The van der Waals surface area contributed by atoms with Gasteiger partial charge in [0, 0.05) is 12.4 Å². The summed E-state index contributed by atoms with van der Waals surface area (Å²) in [7, 11) is 0. The first-order valence-electron chi connectivity index (χ1n) is 4.45. The first-order valence-corrected chi connectivity index (χ1v) is 4.45. The molecule has 0 fully saturated rings. The van der Waals surface area contributed by atoms with E-state index >= 15 is 0 Å². The summed E-state index contributed by atoms with van der Waals surface area (Å²) in [4.78, 5) is 22.2. The Kier molecular flexibility index (Phi) is 14.7. The third-order valence-corrected chi connectivity index (χ3v) is 2.23. The van der Waals surface area contributed by atoms with Crippen molar-refractivity contribution in [3.05, 3.63) is 0 Å². The molecule has 10 heteroatoms. The van der Waals surface area contributed by atoms with E-state index in [1.165, 1.54) is 6.07 Å². The van der Waals surface area contributed by atoms with Crippen LogP contribution >= 0.6 is 0 Å². The summed E-state index contributed by atoms with van der Waals surface area (Å²) >= 11 is 0. The molecular weight excluding hydrogens is 276 g/mol. The number of aliphatic hydroxyl groups is 1. The molecule has 0 saturated carbocycles. The smallest absolute Gasteiger partial charge is 0.550 e. The molecule has 0 aliphatic rings. The van der Waals surface area contributed by atoms with Gasteiger partial charge in [-0.3, -0.25) is 4.90 Å². The molecule has 92 valence electrons. The maximum Gasteiger partial charge on any atom is 1.00 e. The molecule has 0 radical (unpaired) electrons. The summed E-state index contributed by atoms with van der Waals surface area (Å²) in [5.41, 5.74) is -2.27. The summed E-state index contributed by atoms with van der Waals surface area (Å²) in [5.74, 6) is -3.58. The van der Waals surface area contributed by atoms with E-state index in [-0.39, 0.29) is 59.1 Å². The maximum absolute atomic E-state index is 11.0. The van der Waals surface area contributed by atoms with Crippen molar-refractivity contribution in [3.63, 3.8) is 0 Å². The zero-order valence-electron chi connectivity index (χ0n) is 10.8. The molecule has 0 bridgehead atoms. The Morgan fingerprint density at radius 2 is 1.74 bits per heavy atom. The second kappa shape index (κ2) is 11.6. The maximum atomic E-state index is 11.0. The second-order valence-corrected chi connectivity index (χ2v) is 3.20. The molecule has 0 amide bonds. The largest absolute Gasteiger partial charge is 1.00 e. The number of hydrogen-bond acceptors (Lipinski definition) is 8. The van der Waals surface area contributed by atoms with Crippen LogP contribution < -0.4 is 69.3 Å². The van der Waals surface area contributed by atoms with Gasteiger partial charge in [-0.2, -0.15) is 10.5 Å². The normalized spacial score (nSPS) is 12.0. The number of carboxylic acid groups (broad SMARTS) is 2. The zero-order valence-corrected chi connectivity index (χ0v) is 14.8. The number of carbonyl (C=O) groups is 2. The molecule has 0 spiro atoms. The minimum atomic E-state index is -2.27. The molecule has 0 aromatic carbocycles. The standard InChI is InChI=1S/C9H11N3O5.2Na/c10-2-1-9(8(16)17,5-7(14)15)12(6-13)4-3-11;;/h13H,1,4-6H2,(H,14,15)(H,16,17);;/q;2*+1/p-2/t9-;;/m0../s1. The van der Waals surface area contributed by atoms with E-state index in [9.17, 15) is 19.8 Å². The van der Waals surface area contributed by atoms with Crippen LogP contribution in [0.1, 0.15) is 12.8 Å². The molecule has 0 saturated heterocycles. The van der Waals surface area contributed by atoms with E-state index in [4.69, 9.17) is 15.6 Å². The van der Waals surface area contributed by atoms with Gasteiger partial charge in [0.2, 0.25) is 0 Å². The van der Waals surface area contributed by atoms with Crippen molar-refractivity contribution in [1.29, 1.82) is 10.5 Å². The third-order valence-electron chi connectivity index (χ3n) is 2.23. The van der Waals surface area contributed by atoms with Gasteiger partial charge in [-0.1, -0.05) is 0 Å². The Labute approximate surface area is 154 Å². The predicted octanol–water partition coefficient (Wildman–Crippen LogP) is -9.69. The van der Waals surface area contributed by atoms with Gasteiger partial charge in [0.05, 0.1) is 43.3 Å². The summed E-state index contributed by atoms with van der Waals surface area (Å²) in [5, 5.41) is 47.4. The molecule has 0 rings (SSSR count). The molecule has 1 N–H and O–H groups in total. The number of rotatable bonds is 7. The van der Waals surface area contributed by atoms with Crippen molar-refractivity contribution in [2.45, 2.75) is 18.4 Å². The van der Waals surface area contributed by atoms with Crippen molar-refractivity contribution in [2.75, 3.05) is 13.3 Å². The number of nitrogens with zero attached hydrogens (tertiary/aromatic N) is 3. The van der Waals surface area contributed by atoms with Gasteiger partial charge >= 0.3 is 59.1 Å². The van der Waals surface area contributed by atoms with E-state index in [0.717, 1.165) is 0 Å². The molecular formula is C9H9N3Na2O5. The second-order valence-electron chi connectivity index (χ2n) is 3.20. The van der Waals surface area contributed by atoms with Gasteiger partial charge in [-0.25, -0.2) is 0 Å². The van der Waals surface area contributed by atoms with Crippen molar-refractivity contribution in [1.82, 2.24) is 4.90 Å². The minimum Gasteiger partial charge on any atom is -0.550 e. The van der Waals surface area contributed by atoms with Crippen LogP contribution in [0.4, 0.5) is 0 Å². The van der Waals surface area contributed by atoms with E-state index in [1.54, 1.807) is 6.07 Å². The molecule has 19 heavy (non-hydrogen) atoms. The first kappa shape index (κ1) is 23.9. The van der Waals surface area contributed by atoms with Gasteiger partial charge in [0.15, 0.2) is 0 Å². The molecule has 0 aromatic heterocycles. The quantitative estimate of drug-likeness (QED) is 0.275. The topological polar surface area (TPSA) is 151 Å². The minimum absolute atomic E-state index is 0. The van der Waals surface area contributed by atoms with Crippen LogP contribution in [0.2, 0.25) is 0 Å². The predicted molar refractivity (Wildman–Crippen MR) is 47.0 cm³/mol. The van der Waals surface area contributed by atoms with E-state index < -0.39 is 43.6 Å². The summed E-state index contributed by atoms with van der Waals surface area (Å²) in [6.07, 6.45) is -1.79. The van der Waals surface area contributed by atoms with Crippen molar-refractivity contribution in [2.24, 2.45) is 0 Å². The van der Waals surface area contributed by atoms with Gasteiger partial charge in [-0.15, -0.1) is 0 Å². The Balaban J connectivity index is -0.00000128. The van der Waals surface area contributed by atoms with Crippen LogP contribution in [0.15, 0.2) is 0 Å². The van der Waals surface area contributed by atoms with Gasteiger partial charge in [0.1, 0.15) is 0 Å². The molecule has 1 atom stereocenters. The van der Waals surface area contributed by atoms with E-state index in [0.29, 0.717) is 4.90 Å². The van der Waals surface area contributed by atoms with Gasteiger partial charge in [-0.05, 0) is 0 Å². The number of aliphatic carboxylic acids is 2. The summed E-state index contributed by atoms with van der Waals surface area (Å²) in [6, 6.07) is 3.06. The number of carbonyl (C=O) groups excluding carboxylic acids is 2. The van der Waals surface area contributed by atoms with Crippen LogP contribution in [-0.4, -0.2) is 40.8 Å². The Morgan fingerprint density at radius 1 is 1.21 bits per heavy atom. The Bertz CT molecular complexity index is 392. The fourth-order valence-electron chi connectivity index (χ4n) is 1.35. The summed E-state index contributed by atoms with van der Waals surface area (Å²) < 4.78 is 0. The van der Waals surface area contributed by atoms with Gasteiger partial charge < -0.3 is 24.9 Å². The van der Waals surface area contributed by atoms with Crippen molar-refractivity contribution in [3.8, 4) is 12.1 Å². The Morgan fingerprint density at radius 3 is 2.00 bits per heavy atom. The summed E-state index contributed by atoms with van der Waals surface area (Å²) in [6.45, 7) is -1.45. The zero-order chi connectivity index (χ0) is 13.5. The molecule has 0 unspecified atom stereocenters. The monoisotopic (exact) mass is 285 g/mol. The van der Waals surface area contributed by atoms with Crippen LogP contribution in [-0.2, 0) is 9.59 Å². The number of nitriles is 2. The van der Waals surface area contributed by atoms with Crippen LogP contribution in [0.25, 0.3) is 0 Å². The van der Waals surface area contributed by atoms with Crippen LogP contribution in [0.3, 0.4) is 0 Å². The SMILES string of the molecule is N#CCN(CO)[C@@](CC#N)(CC(=O)[O-])C(=O)[O-].[Na+].[Na+]. The van der Waals surface area contributed by atoms with Crippen LogP contribution in [0, 0.1) is 22.7 Å². The Hall–Kier alpha value is -0.160. The molecule has 0 aliphatic carbocycles. The number of aliphatic hydroxyl groups excluding tert-OH is 1. The van der Waals surface area contributed by atoms with E-state index in [1.807, 2.05) is 0 Å². The average Bonchev–Trinajstić information content (AvgIpc) is 2.24. The van der Waals surface area contributed by atoms with Crippen molar-refractivity contribution < 1.29 is 84.0 Å². The molecule has 0 aromatic rings. The average molecular weight is 285 g/mol. The fourth-order valence-corrected chi connectivity index (χ4v) is 1.35. The molecule has 0 aliphatic heterocycles. The number of carboxylic acids is 2. The van der Waals surface area contributed by atoms with Gasteiger partial charge in [0.25, 0.3) is 0 Å². The van der Waals surface area contributed by atoms with E-state index in [2.05, 4.69) is 0 Å². The van der Waals surface area contributed by atoms with Crippen molar-refractivity contribution >= 4 is 11.9 Å². The first-order chi connectivity index (χ1) is 7.94. The molecule has 8 nitrogen and oxygen atoms in total. The fraction of sp³-hybridized carbons (Fsp3) is 0.556. The molecule has 0 heterocycles. The van der Waals surface area contributed by atoms with Crippen LogP contribution in [0.5, 0.6) is 0 Å².